The Kier molecular flexibility index (Phi) is 3.96. The molecule has 0 heterocycles. The van der Waals surface area contributed by atoms with Gasteiger partial charge in [0, 0.05) is 5.92 Å². The van der Waals surface area contributed by atoms with Crippen molar-refractivity contribution < 1.29 is 8.78 Å². The summed E-state index contributed by atoms with van der Waals surface area (Å²) in [7, 11) is 0. The maximum absolute atomic E-state index is 12.2. The van der Waals surface area contributed by atoms with E-state index in [2.05, 4.69) is 6.92 Å². The molecule has 1 fully saturated rings. The lowest BCUT2D eigenvalue weighted by Crippen LogP contribution is -2.19. The fraction of sp³-hybridized carbons (Fsp3) is 1.00. The highest BCUT2D eigenvalue weighted by atomic mass is 19.3. The minimum atomic E-state index is -2.08. The molecule has 1 aliphatic rings. The molecule has 0 radical (unpaired) electrons. The third-order valence-corrected chi connectivity index (χ3v) is 2.94. The summed E-state index contributed by atoms with van der Waals surface area (Å²) in [6.45, 7) is 2.17. The van der Waals surface area contributed by atoms with Crippen molar-refractivity contribution in [2.24, 2.45) is 11.8 Å². The molecule has 0 N–H and O–H groups in total. The second-order valence-electron chi connectivity index (χ2n) is 3.90. The summed E-state index contributed by atoms with van der Waals surface area (Å²) in [5, 5.41) is 0. The molecule has 0 atom stereocenters. The molecule has 0 aromatic rings. The van der Waals surface area contributed by atoms with Crippen molar-refractivity contribution in [2.75, 3.05) is 0 Å². The number of alkyl halides is 2. The maximum atomic E-state index is 12.2. The zero-order valence-corrected chi connectivity index (χ0v) is 7.73. The average molecular weight is 176 g/mol. The Hall–Kier alpha value is -0.140. The first-order valence-corrected chi connectivity index (χ1v) is 5.02. The highest BCUT2D eigenvalue weighted by Crippen LogP contribution is 2.34. The molecule has 12 heavy (non-hydrogen) atoms. The molecule has 1 saturated carbocycles. The summed E-state index contributed by atoms with van der Waals surface area (Å²) in [4.78, 5) is 0. The van der Waals surface area contributed by atoms with Crippen molar-refractivity contribution in [1.29, 1.82) is 0 Å². The fourth-order valence-electron chi connectivity index (χ4n) is 2.14. The first-order chi connectivity index (χ1) is 5.74. The van der Waals surface area contributed by atoms with Gasteiger partial charge in [-0.1, -0.05) is 19.8 Å². The van der Waals surface area contributed by atoms with Gasteiger partial charge in [0.2, 0.25) is 6.43 Å². The SMILES string of the molecule is CCCC1CCC(C(F)F)CC1. The van der Waals surface area contributed by atoms with E-state index in [4.69, 9.17) is 0 Å². The van der Waals surface area contributed by atoms with Crippen LogP contribution in [0.25, 0.3) is 0 Å². The third-order valence-electron chi connectivity index (χ3n) is 2.94. The van der Waals surface area contributed by atoms with E-state index < -0.39 is 6.43 Å². The Balaban J connectivity index is 2.20. The van der Waals surface area contributed by atoms with Gasteiger partial charge in [0.1, 0.15) is 0 Å². The third kappa shape index (κ3) is 2.72. The number of rotatable bonds is 3. The summed E-state index contributed by atoms with van der Waals surface area (Å²) in [5.41, 5.74) is 0. The van der Waals surface area contributed by atoms with Crippen LogP contribution in [0.15, 0.2) is 0 Å². The van der Waals surface area contributed by atoms with Gasteiger partial charge in [-0.2, -0.15) is 0 Å². The summed E-state index contributed by atoms with van der Waals surface area (Å²) < 4.78 is 24.5. The number of hydrogen-bond donors (Lipinski definition) is 0. The van der Waals surface area contributed by atoms with Gasteiger partial charge in [0.25, 0.3) is 0 Å². The molecular weight excluding hydrogens is 158 g/mol. The van der Waals surface area contributed by atoms with Gasteiger partial charge >= 0.3 is 0 Å². The zero-order valence-electron chi connectivity index (χ0n) is 7.73. The molecule has 0 nitrogen and oxygen atoms in total. The van der Waals surface area contributed by atoms with Crippen LogP contribution >= 0.6 is 0 Å². The van der Waals surface area contributed by atoms with Crippen LogP contribution < -0.4 is 0 Å². The molecule has 2 heteroatoms. The van der Waals surface area contributed by atoms with Crippen LogP contribution in [0, 0.1) is 11.8 Å². The highest BCUT2D eigenvalue weighted by Gasteiger charge is 2.26. The largest absolute Gasteiger partial charge is 0.241 e. The molecule has 0 aliphatic heterocycles. The van der Waals surface area contributed by atoms with Crippen LogP contribution in [0.2, 0.25) is 0 Å². The van der Waals surface area contributed by atoms with E-state index in [1.165, 1.54) is 12.8 Å². The first-order valence-electron chi connectivity index (χ1n) is 5.02. The molecule has 1 rings (SSSR count). The minimum absolute atomic E-state index is 0.293. The summed E-state index contributed by atoms with van der Waals surface area (Å²) in [5.74, 6) is 0.447. The lowest BCUT2D eigenvalue weighted by atomic mass is 9.80. The smallest absolute Gasteiger partial charge is 0.210 e. The summed E-state index contributed by atoms with van der Waals surface area (Å²) >= 11 is 0. The lowest BCUT2D eigenvalue weighted by Gasteiger charge is -2.27. The number of hydrogen-bond acceptors (Lipinski definition) is 0. The van der Waals surface area contributed by atoms with Crippen molar-refractivity contribution >= 4 is 0 Å². The van der Waals surface area contributed by atoms with E-state index in [-0.39, 0.29) is 5.92 Å². The molecular formula is C10H18F2. The Labute approximate surface area is 73.3 Å². The molecule has 0 spiro atoms. The highest BCUT2D eigenvalue weighted by molar-refractivity contribution is 4.73. The van der Waals surface area contributed by atoms with E-state index in [0.717, 1.165) is 31.6 Å². The van der Waals surface area contributed by atoms with Crippen LogP contribution in [-0.2, 0) is 0 Å². The normalized spacial score (nSPS) is 31.0. The van der Waals surface area contributed by atoms with Crippen molar-refractivity contribution in [3.63, 3.8) is 0 Å². The monoisotopic (exact) mass is 176 g/mol. The number of halogens is 2. The van der Waals surface area contributed by atoms with Crippen LogP contribution in [0.3, 0.4) is 0 Å². The van der Waals surface area contributed by atoms with Gasteiger partial charge in [-0.25, -0.2) is 8.78 Å². The Morgan fingerprint density at radius 3 is 2.17 bits per heavy atom. The Morgan fingerprint density at radius 2 is 1.75 bits per heavy atom. The first kappa shape index (κ1) is 9.94. The second kappa shape index (κ2) is 4.78. The van der Waals surface area contributed by atoms with Gasteiger partial charge in [0.05, 0.1) is 0 Å². The van der Waals surface area contributed by atoms with E-state index in [1.807, 2.05) is 0 Å². The van der Waals surface area contributed by atoms with Crippen LogP contribution in [0.4, 0.5) is 8.78 Å². The standard InChI is InChI=1S/C10H18F2/c1-2-3-8-4-6-9(7-5-8)10(11)12/h8-10H,2-7H2,1H3. The van der Waals surface area contributed by atoms with Crippen molar-refractivity contribution in [3.05, 3.63) is 0 Å². The average Bonchev–Trinajstić information content (AvgIpc) is 2.06. The minimum Gasteiger partial charge on any atom is -0.210 e. The molecule has 0 amide bonds. The zero-order chi connectivity index (χ0) is 8.97. The summed E-state index contributed by atoms with van der Waals surface area (Å²) in [6.07, 6.45) is 3.92. The van der Waals surface area contributed by atoms with Gasteiger partial charge in [-0.15, -0.1) is 0 Å². The van der Waals surface area contributed by atoms with Crippen LogP contribution in [0.5, 0.6) is 0 Å². The Morgan fingerprint density at radius 1 is 1.17 bits per heavy atom. The molecule has 0 aromatic heterocycles. The van der Waals surface area contributed by atoms with Gasteiger partial charge in [-0.05, 0) is 31.6 Å². The summed E-state index contributed by atoms with van der Waals surface area (Å²) in [6, 6.07) is 0. The van der Waals surface area contributed by atoms with Gasteiger partial charge in [-0.3, -0.25) is 0 Å². The van der Waals surface area contributed by atoms with E-state index >= 15 is 0 Å². The van der Waals surface area contributed by atoms with E-state index in [9.17, 15) is 8.78 Å². The van der Waals surface area contributed by atoms with Crippen molar-refractivity contribution in [1.82, 2.24) is 0 Å². The van der Waals surface area contributed by atoms with Crippen LogP contribution in [0.1, 0.15) is 45.4 Å². The topological polar surface area (TPSA) is 0 Å². The fourth-order valence-corrected chi connectivity index (χ4v) is 2.14. The van der Waals surface area contributed by atoms with E-state index in [1.54, 1.807) is 0 Å². The molecule has 1 aliphatic carbocycles. The molecule has 0 bridgehead atoms. The van der Waals surface area contributed by atoms with Gasteiger partial charge < -0.3 is 0 Å². The molecule has 0 aromatic carbocycles. The lowest BCUT2D eigenvalue weighted by molar-refractivity contribution is 0.0457. The van der Waals surface area contributed by atoms with Crippen molar-refractivity contribution in [2.45, 2.75) is 51.9 Å². The predicted octanol–water partition coefficient (Wildman–Crippen LogP) is 3.86. The quantitative estimate of drug-likeness (QED) is 0.612. The van der Waals surface area contributed by atoms with Crippen molar-refractivity contribution in [3.8, 4) is 0 Å². The predicted molar refractivity (Wildman–Crippen MR) is 46.4 cm³/mol. The molecule has 0 unspecified atom stereocenters. The van der Waals surface area contributed by atoms with Gasteiger partial charge in [0.15, 0.2) is 0 Å². The van der Waals surface area contributed by atoms with Crippen LogP contribution in [-0.4, -0.2) is 6.43 Å². The molecule has 0 saturated heterocycles. The Bertz CT molecular complexity index is 115. The molecule has 72 valence electrons. The van der Waals surface area contributed by atoms with E-state index in [0.29, 0.717) is 0 Å². The second-order valence-corrected chi connectivity index (χ2v) is 3.90. The maximum Gasteiger partial charge on any atom is 0.241 e.